The lowest BCUT2D eigenvalue weighted by molar-refractivity contribution is 0.0348. The standard InChI is InChI=1S/C13H30O3Si/c1-6-10-11-13(5)16-17(12-7-2,14-8-3)15-9-4/h13H,6-12H2,1-5H3. The molecule has 0 fully saturated rings. The average molecular weight is 262 g/mol. The highest BCUT2D eigenvalue weighted by atomic mass is 28.4. The van der Waals surface area contributed by atoms with Gasteiger partial charge in [0.1, 0.15) is 0 Å². The van der Waals surface area contributed by atoms with Crippen molar-refractivity contribution in [2.24, 2.45) is 0 Å². The number of hydrogen-bond acceptors (Lipinski definition) is 3. The fourth-order valence-electron chi connectivity index (χ4n) is 1.92. The van der Waals surface area contributed by atoms with E-state index in [4.69, 9.17) is 13.3 Å². The number of hydrogen-bond donors (Lipinski definition) is 0. The van der Waals surface area contributed by atoms with Crippen LogP contribution in [-0.4, -0.2) is 28.1 Å². The van der Waals surface area contributed by atoms with Gasteiger partial charge in [0.2, 0.25) is 0 Å². The lowest BCUT2D eigenvalue weighted by atomic mass is 10.2. The van der Waals surface area contributed by atoms with E-state index >= 15 is 0 Å². The van der Waals surface area contributed by atoms with Gasteiger partial charge in [0.15, 0.2) is 0 Å². The van der Waals surface area contributed by atoms with Crippen molar-refractivity contribution in [3.8, 4) is 0 Å². The molecule has 0 bridgehead atoms. The van der Waals surface area contributed by atoms with Crippen LogP contribution in [0.5, 0.6) is 0 Å². The third-order valence-corrected chi connectivity index (χ3v) is 5.96. The van der Waals surface area contributed by atoms with Crippen LogP contribution in [0.25, 0.3) is 0 Å². The zero-order valence-electron chi connectivity index (χ0n) is 12.3. The molecule has 0 N–H and O–H groups in total. The van der Waals surface area contributed by atoms with E-state index in [9.17, 15) is 0 Å². The maximum atomic E-state index is 6.16. The Balaban J connectivity index is 4.40. The van der Waals surface area contributed by atoms with Crippen LogP contribution in [-0.2, 0) is 13.3 Å². The highest BCUT2D eigenvalue weighted by Gasteiger charge is 2.40. The molecule has 0 rings (SSSR count). The van der Waals surface area contributed by atoms with Crippen molar-refractivity contribution in [3.63, 3.8) is 0 Å². The summed E-state index contributed by atoms with van der Waals surface area (Å²) >= 11 is 0. The van der Waals surface area contributed by atoms with Gasteiger partial charge in [0.25, 0.3) is 0 Å². The highest BCUT2D eigenvalue weighted by Crippen LogP contribution is 2.21. The first kappa shape index (κ1) is 17.1. The van der Waals surface area contributed by atoms with Crippen molar-refractivity contribution >= 4 is 8.80 Å². The molecule has 1 atom stereocenters. The molecule has 4 heteroatoms. The molecule has 0 aliphatic carbocycles. The van der Waals surface area contributed by atoms with Crippen LogP contribution in [0.1, 0.15) is 60.3 Å². The van der Waals surface area contributed by atoms with E-state index < -0.39 is 8.80 Å². The van der Waals surface area contributed by atoms with Crippen molar-refractivity contribution in [3.05, 3.63) is 0 Å². The van der Waals surface area contributed by atoms with Crippen LogP contribution in [0.2, 0.25) is 6.04 Å². The molecule has 0 heterocycles. The maximum absolute atomic E-state index is 6.16. The second kappa shape index (κ2) is 10.1. The Hall–Kier alpha value is 0.0969. The molecule has 0 saturated carbocycles. The smallest absolute Gasteiger partial charge is 0.374 e. The number of unbranched alkanes of at least 4 members (excludes halogenated alkanes) is 1. The fraction of sp³-hybridized carbons (Fsp3) is 1.00. The van der Waals surface area contributed by atoms with Crippen molar-refractivity contribution in [1.82, 2.24) is 0 Å². The predicted octanol–water partition coefficient (Wildman–Crippen LogP) is 4.00. The molecule has 3 nitrogen and oxygen atoms in total. The van der Waals surface area contributed by atoms with Gasteiger partial charge < -0.3 is 13.3 Å². The van der Waals surface area contributed by atoms with E-state index in [-0.39, 0.29) is 6.10 Å². The molecule has 0 spiro atoms. The SMILES string of the molecule is CCCCC(C)O[Si](CCC)(OCC)OCC. The Kier molecular flexibility index (Phi) is 10.1. The highest BCUT2D eigenvalue weighted by molar-refractivity contribution is 6.60. The Bertz CT molecular complexity index is 159. The van der Waals surface area contributed by atoms with Gasteiger partial charge in [-0.15, -0.1) is 0 Å². The van der Waals surface area contributed by atoms with E-state index in [2.05, 4.69) is 20.8 Å². The summed E-state index contributed by atoms with van der Waals surface area (Å²) in [6.45, 7) is 11.9. The summed E-state index contributed by atoms with van der Waals surface area (Å²) in [6, 6.07) is 0.922. The van der Waals surface area contributed by atoms with Crippen molar-refractivity contribution in [2.75, 3.05) is 13.2 Å². The van der Waals surface area contributed by atoms with Gasteiger partial charge in [0, 0.05) is 25.4 Å². The molecule has 0 radical (unpaired) electrons. The van der Waals surface area contributed by atoms with E-state index in [1.165, 1.54) is 12.8 Å². The minimum absolute atomic E-state index is 0.242. The van der Waals surface area contributed by atoms with Gasteiger partial charge in [0.05, 0.1) is 0 Å². The van der Waals surface area contributed by atoms with Crippen LogP contribution >= 0.6 is 0 Å². The van der Waals surface area contributed by atoms with Crippen LogP contribution in [0.4, 0.5) is 0 Å². The molecule has 1 unspecified atom stereocenters. The first-order valence-corrected chi connectivity index (χ1v) is 9.02. The Labute approximate surface area is 108 Å². The van der Waals surface area contributed by atoms with E-state index in [1.807, 2.05) is 13.8 Å². The van der Waals surface area contributed by atoms with Crippen molar-refractivity contribution in [2.45, 2.75) is 72.5 Å². The molecule has 0 saturated heterocycles. The predicted molar refractivity (Wildman–Crippen MR) is 74.2 cm³/mol. The molecule has 0 aromatic heterocycles. The molecule has 0 aliphatic rings. The zero-order valence-corrected chi connectivity index (χ0v) is 13.3. The van der Waals surface area contributed by atoms with Crippen LogP contribution in [0.15, 0.2) is 0 Å². The summed E-state index contributed by atoms with van der Waals surface area (Å²) < 4.78 is 17.9. The van der Waals surface area contributed by atoms with Gasteiger partial charge >= 0.3 is 8.80 Å². The zero-order chi connectivity index (χ0) is 13.1. The first-order chi connectivity index (χ1) is 8.14. The molecule has 0 aliphatic heterocycles. The summed E-state index contributed by atoms with van der Waals surface area (Å²) in [5.74, 6) is 0. The normalized spacial score (nSPS) is 13.9. The fourth-order valence-corrected chi connectivity index (χ4v) is 4.76. The lowest BCUT2D eigenvalue weighted by Crippen LogP contribution is -2.47. The third-order valence-electron chi connectivity index (χ3n) is 2.63. The minimum Gasteiger partial charge on any atom is -0.374 e. The van der Waals surface area contributed by atoms with Crippen LogP contribution in [0.3, 0.4) is 0 Å². The van der Waals surface area contributed by atoms with E-state index in [0.29, 0.717) is 13.2 Å². The summed E-state index contributed by atoms with van der Waals surface area (Å²) in [5.41, 5.74) is 0. The lowest BCUT2D eigenvalue weighted by Gasteiger charge is -2.31. The summed E-state index contributed by atoms with van der Waals surface area (Å²) in [5, 5.41) is 0. The molecule has 0 aromatic carbocycles. The average Bonchev–Trinajstić information content (AvgIpc) is 2.27. The van der Waals surface area contributed by atoms with Gasteiger partial charge in [-0.3, -0.25) is 0 Å². The molecule has 0 amide bonds. The first-order valence-electron chi connectivity index (χ1n) is 7.09. The van der Waals surface area contributed by atoms with Crippen molar-refractivity contribution < 1.29 is 13.3 Å². The molecular weight excluding hydrogens is 232 g/mol. The van der Waals surface area contributed by atoms with Gasteiger partial charge in [-0.05, 0) is 27.2 Å². The largest absolute Gasteiger partial charge is 0.501 e. The van der Waals surface area contributed by atoms with E-state index in [1.54, 1.807) is 0 Å². The summed E-state index contributed by atoms with van der Waals surface area (Å²) in [6.07, 6.45) is 4.79. The van der Waals surface area contributed by atoms with Crippen LogP contribution in [0, 0.1) is 0 Å². The van der Waals surface area contributed by atoms with Gasteiger partial charge in [-0.1, -0.05) is 33.1 Å². The summed E-state index contributed by atoms with van der Waals surface area (Å²) in [4.78, 5) is 0. The topological polar surface area (TPSA) is 27.7 Å². The monoisotopic (exact) mass is 262 g/mol. The van der Waals surface area contributed by atoms with Gasteiger partial charge in [-0.25, -0.2) is 0 Å². The molecule has 0 aromatic rings. The maximum Gasteiger partial charge on any atom is 0.501 e. The second-order valence-corrected chi connectivity index (χ2v) is 7.05. The number of rotatable bonds is 11. The Morgan fingerprint density at radius 2 is 1.53 bits per heavy atom. The second-order valence-electron chi connectivity index (χ2n) is 4.37. The Morgan fingerprint density at radius 3 is 1.94 bits per heavy atom. The summed E-state index contributed by atoms with van der Waals surface area (Å²) in [7, 11) is -2.41. The van der Waals surface area contributed by atoms with Crippen LogP contribution < -0.4 is 0 Å². The molecule has 104 valence electrons. The third kappa shape index (κ3) is 7.19. The minimum atomic E-state index is -2.41. The van der Waals surface area contributed by atoms with Gasteiger partial charge in [-0.2, -0.15) is 0 Å². The van der Waals surface area contributed by atoms with Crippen molar-refractivity contribution in [1.29, 1.82) is 0 Å². The van der Waals surface area contributed by atoms with E-state index in [0.717, 1.165) is 18.9 Å². The molecular formula is C13H30O3Si. The Morgan fingerprint density at radius 1 is 0.941 bits per heavy atom. The molecule has 17 heavy (non-hydrogen) atoms. The quantitative estimate of drug-likeness (QED) is 0.527.